The Kier molecular flexibility index (Phi) is 12.0. The van der Waals surface area contributed by atoms with Crippen LogP contribution in [0.15, 0.2) is 0 Å². The minimum absolute atomic E-state index is 0.143. The van der Waals surface area contributed by atoms with Crippen LogP contribution in [0.2, 0.25) is 0 Å². The molecule has 0 aliphatic heterocycles. The van der Waals surface area contributed by atoms with Gasteiger partial charge in [0.25, 0.3) is 0 Å². The molecule has 0 heterocycles. The van der Waals surface area contributed by atoms with Crippen LogP contribution in [0, 0.1) is 0 Å². The molecule has 0 saturated heterocycles. The first kappa shape index (κ1) is 16.7. The highest BCUT2D eigenvalue weighted by Crippen LogP contribution is 1.94. The van der Waals surface area contributed by atoms with Crippen molar-refractivity contribution in [1.82, 2.24) is 0 Å². The molecule has 0 bridgehead atoms. The Bertz CT molecular complexity index is 157. The van der Waals surface area contributed by atoms with Gasteiger partial charge in [0.05, 0.1) is 26.4 Å². The Morgan fingerprint density at radius 3 is 2.29 bits per heavy atom. The van der Waals surface area contributed by atoms with Crippen molar-refractivity contribution in [2.45, 2.75) is 32.2 Å². The molecule has 0 fully saturated rings. The van der Waals surface area contributed by atoms with Crippen molar-refractivity contribution >= 4 is 0 Å². The average Bonchev–Trinajstić information content (AvgIpc) is 2.28. The summed E-state index contributed by atoms with van der Waals surface area (Å²) in [6.07, 6.45) is -0.511. The van der Waals surface area contributed by atoms with Gasteiger partial charge in [0.15, 0.2) is 6.36 Å². The molecule has 0 aromatic rings. The van der Waals surface area contributed by atoms with E-state index in [1.807, 2.05) is 0 Å². The van der Waals surface area contributed by atoms with Crippen LogP contribution in [-0.2, 0) is 14.2 Å². The van der Waals surface area contributed by atoms with Gasteiger partial charge in [-0.1, -0.05) is 0 Å². The van der Waals surface area contributed by atoms with Crippen LogP contribution in [-0.4, -0.2) is 62.3 Å². The number of hydrogen-bond donors (Lipinski definition) is 2. The van der Waals surface area contributed by atoms with E-state index in [2.05, 4.69) is 4.74 Å². The standard InChI is InChI=1S/C11H23FO5/c1-10(12)17-7-6-16-9-11(14)8-15-5-3-2-4-13/h10-11,13-14H,2-9H2,1H3. The minimum atomic E-state index is -1.29. The van der Waals surface area contributed by atoms with E-state index in [1.165, 1.54) is 6.92 Å². The predicted molar refractivity (Wildman–Crippen MR) is 60.5 cm³/mol. The molecule has 0 aromatic heterocycles. The van der Waals surface area contributed by atoms with E-state index < -0.39 is 12.5 Å². The molecule has 0 saturated carbocycles. The largest absolute Gasteiger partial charge is 0.396 e. The van der Waals surface area contributed by atoms with Crippen LogP contribution in [0.3, 0.4) is 0 Å². The Balaban J connectivity index is 3.14. The molecule has 0 aliphatic rings. The highest BCUT2D eigenvalue weighted by atomic mass is 19.1. The van der Waals surface area contributed by atoms with Gasteiger partial charge in [-0.25, -0.2) is 4.39 Å². The molecule has 0 spiro atoms. The Morgan fingerprint density at radius 1 is 1.06 bits per heavy atom. The number of aliphatic hydroxyl groups excluding tert-OH is 2. The van der Waals surface area contributed by atoms with E-state index in [0.717, 1.165) is 6.42 Å². The van der Waals surface area contributed by atoms with E-state index in [-0.39, 0.29) is 33.0 Å². The van der Waals surface area contributed by atoms with Crippen molar-refractivity contribution in [3.05, 3.63) is 0 Å². The third kappa shape index (κ3) is 13.7. The monoisotopic (exact) mass is 254 g/mol. The first-order valence-corrected chi connectivity index (χ1v) is 5.87. The lowest BCUT2D eigenvalue weighted by Crippen LogP contribution is -2.23. The predicted octanol–water partition coefficient (Wildman–Crippen LogP) is 0.485. The number of unbranched alkanes of at least 4 members (excludes halogenated alkanes) is 1. The number of ether oxygens (including phenoxy) is 3. The van der Waals surface area contributed by atoms with Crippen LogP contribution in [0.1, 0.15) is 19.8 Å². The Labute approximate surface area is 101 Å². The van der Waals surface area contributed by atoms with E-state index in [9.17, 15) is 9.50 Å². The molecule has 5 nitrogen and oxygen atoms in total. The second-order valence-electron chi connectivity index (χ2n) is 3.65. The zero-order valence-electron chi connectivity index (χ0n) is 10.3. The lowest BCUT2D eigenvalue weighted by molar-refractivity contribution is -0.0671. The molecule has 2 atom stereocenters. The van der Waals surface area contributed by atoms with E-state index in [4.69, 9.17) is 14.6 Å². The van der Waals surface area contributed by atoms with Crippen LogP contribution < -0.4 is 0 Å². The highest BCUT2D eigenvalue weighted by molar-refractivity contribution is 4.51. The topological polar surface area (TPSA) is 68.2 Å². The summed E-state index contributed by atoms with van der Waals surface area (Å²) in [5.41, 5.74) is 0. The quantitative estimate of drug-likeness (QED) is 0.496. The average molecular weight is 254 g/mol. The third-order valence-corrected chi connectivity index (χ3v) is 1.89. The SMILES string of the molecule is CC(F)OCCOCC(O)COCCCCO. The van der Waals surface area contributed by atoms with Gasteiger partial charge in [0.1, 0.15) is 6.10 Å². The lowest BCUT2D eigenvalue weighted by atomic mass is 10.3. The van der Waals surface area contributed by atoms with Crippen LogP contribution >= 0.6 is 0 Å². The maximum absolute atomic E-state index is 12.2. The number of hydrogen-bond acceptors (Lipinski definition) is 5. The molecule has 6 heteroatoms. The minimum Gasteiger partial charge on any atom is -0.396 e. The fraction of sp³-hybridized carbons (Fsp3) is 1.00. The fourth-order valence-corrected chi connectivity index (χ4v) is 1.07. The zero-order chi connectivity index (χ0) is 12.9. The third-order valence-electron chi connectivity index (χ3n) is 1.89. The van der Waals surface area contributed by atoms with Gasteiger partial charge in [-0.15, -0.1) is 0 Å². The summed E-state index contributed by atoms with van der Waals surface area (Å²) in [5.74, 6) is 0. The summed E-state index contributed by atoms with van der Waals surface area (Å²) >= 11 is 0. The molecular weight excluding hydrogens is 231 g/mol. The number of alkyl halides is 1. The van der Waals surface area contributed by atoms with Gasteiger partial charge in [-0.2, -0.15) is 0 Å². The number of rotatable bonds is 12. The summed E-state index contributed by atoms with van der Waals surface area (Å²) in [4.78, 5) is 0. The van der Waals surface area contributed by atoms with Crippen molar-refractivity contribution in [2.24, 2.45) is 0 Å². The van der Waals surface area contributed by atoms with Gasteiger partial charge in [0, 0.05) is 13.2 Å². The maximum Gasteiger partial charge on any atom is 0.195 e. The van der Waals surface area contributed by atoms with Gasteiger partial charge in [-0.3, -0.25) is 0 Å². The van der Waals surface area contributed by atoms with Crippen molar-refractivity contribution < 1.29 is 28.8 Å². The zero-order valence-corrected chi connectivity index (χ0v) is 10.3. The second-order valence-corrected chi connectivity index (χ2v) is 3.65. The smallest absolute Gasteiger partial charge is 0.195 e. The second kappa shape index (κ2) is 12.2. The molecule has 2 N–H and O–H groups in total. The molecule has 2 unspecified atom stereocenters. The Morgan fingerprint density at radius 2 is 1.71 bits per heavy atom. The molecule has 0 aromatic carbocycles. The van der Waals surface area contributed by atoms with E-state index in [1.54, 1.807) is 0 Å². The summed E-state index contributed by atoms with van der Waals surface area (Å²) < 4.78 is 27.0. The van der Waals surface area contributed by atoms with Crippen LogP contribution in [0.4, 0.5) is 4.39 Å². The fourth-order valence-electron chi connectivity index (χ4n) is 1.07. The van der Waals surface area contributed by atoms with Crippen molar-refractivity contribution in [1.29, 1.82) is 0 Å². The van der Waals surface area contributed by atoms with Crippen molar-refractivity contribution in [2.75, 3.05) is 39.6 Å². The molecule has 0 amide bonds. The van der Waals surface area contributed by atoms with Gasteiger partial charge in [-0.05, 0) is 19.8 Å². The molecular formula is C11H23FO5. The van der Waals surface area contributed by atoms with Gasteiger partial charge in [0.2, 0.25) is 0 Å². The normalized spacial score (nSPS) is 14.8. The van der Waals surface area contributed by atoms with Crippen LogP contribution in [0.25, 0.3) is 0 Å². The molecule has 0 aliphatic carbocycles. The molecule has 0 rings (SSSR count). The Hall–Kier alpha value is -0.270. The summed E-state index contributed by atoms with van der Waals surface area (Å²) in [7, 11) is 0. The summed E-state index contributed by atoms with van der Waals surface area (Å²) in [6.45, 7) is 2.73. The van der Waals surface area contributed by atoms with Crippen LogP contribution in [0.5, 0.6) is 0 Å². The first-order valence-electron chi connectivity index (χ1n) is 5.87. The maximum atomic E-state index is 12.2. The summed E-state index contributed by atoms with van der Waals surface area (Å²) in [6, 6.07) is 0. The van der Waals surface area contributed by atoms with E-state index >= 15 is 0 Å². The molecule has 17 heavy (non-hydrogen) atoms. The van der Waals surface area contributed by atoms with Crippen molar-refractivity contribution in [3.63, 3.8) is 0 Å². The van der Waals surface area contributed by atoms with Gasteiger partial charge < -0.3 is 24.4 Å². The molecule has 104 valence electrons. The lowest BCUT2D eigenvalue weighted by Gasteiger charge is -2.12. The first-order chi connectivity index (χ1) is 8.16. The number of halogens is 1. The highest BCUT2D eigenvalue weighted by Gasteiger charge is 2.04. The molecule has 0 radical (unpaired) electrons. The summed E-state index contributed by atoms with van der Waals surface area (Å²) in [5, 5.41) is 17.9. The number of aliphatic hydroxyl groups is 2. The van der Waals surface area contributed by atoms with Crippen molar-refractivity contribution in [3.8, 4) is 0 Å². The van der Waals surface area contributed by atoms with E-state index in [0.29, 0.717) is 13.0 Å². The van der Waals surface area contributed by atoms with Gasteiger partial charge >= 0.3 is 0 Å².